The fourth-order valence-corrected chi connectivity index (χ4v) is 5.41. The molecule has 0 amide bonds. The van der Waals surface area contributed by atoms with Crippen LogP contribution in [0.3, 0.4) is 0 Å². The van der Waals surface area contributed by atoms with Crippen molar-refractivity contribution in [3.63, 3.8) is 0 Å². The van der Waals surface area contributed by atoms with Crippen LogP contribution in [0.1, 0.15) is 41.1 Å². The van der Waals surface area contributed by atoms with Gasteiger partial charge in [0.2, 0.25) is 5.95 Å². The lowest BCUT2D eigenvalue weighted by Crippen LogP contribution is -2.47. The molecule has 0 bridgehead atoms. The number of aromatic nitrogens is 2. The Morgan fingerprint density at radius 3 is 2.08 bits per heavy atom. The van der Waals surface area contributed by atoms with Crippen LogP contribution in [0, 0.1) is 25.5 Å². The highest BCUT2D eigenvalue weighted by molar-refractivity contribution is 6.02. The first-order valence-electron chi connectivity index (χ1n) is 13.5. The van der Waals surface area contributed by atoms with Gasteiger partial charge in [0.15, 0.2) is 0 Å². The molecule has 7 heteroatoms. The number of rotatable bonds is 5. The smallest absolute Gasteiger partial charge is 0.225 e. The lowest BCUT2D eigenvalue weighted by Gasteiger charge is -2.36. The van der Waals surface area contributed by atoms with Gasteiger partial charge in [-0.05, 0) is 73.2 Å². The van der Waals surface area contributed by atoms with Crippen LogP contribution in [-0.2, 0) is 0 Å². The second-order valence-corrected chi connectivity index (χ2v) is 10.4. The number of aryl methyl sites for hydroxylation is 2. The Kier molecular flexibility index (Phi) is 6.81. The average Bonchev–Trinajstić information content (AvgIpc) is 3.45. The zero-order valence-corrected chi connectivity index (χ0v) is 22.2. The van der Waals surface area contributed by atoms with Gasteiger partial charge in [-0.3, -0.25) is 4.99 Å². The molecule has 0 aliphatic carbocycles. The minimum atomic E-state index is -0.559. The minimum Gasteiger partial charge on any atom is -0.368 e. The van der Waals surface area contributed by atoms with Gasteiger partial charge in [-0.25, -0.2) is 18.7 Å². The van der Waals surface area contributed by atoms with E-state index in [0.29, 0.717) is 12.1 Å². The van der Waals surface area contributed by atoms with E-state index in [1.165, 1.54) is 35.0 Å². The lowest BCUT2D eigenvalue weighted by molar-refractivity contribution is 0.578. The van der Waals surface area contributed by atoms with Crippen molar-refractivity contribution in [2.75, 3.05) is 36.0 Å². The molecular weight excluding hydrogens is 492 g/mol. The standard InChI is InChI=1S/C32H31F2N5/c1-21-6-11-26(18-22(21)2)38-14-16-39(17-15-38)32-35-19-25(20-36-32)23-7-9-24(10-8-23)29-12-13-30(37-29)31-27(33)4-3-5-28(31)34/h3-11,18-20,29H,12-17H2,1-2H3. The Bertz CT molecular complexity index is 1490. The fourth-order valence-electron chi connectivity index (χ4n) is 5.41. The summed E-state index contributed by atoms with van der Waals surface area (Å²) in [5.74, 6) is -0.365. The van der Waals surface area contributed by atoms with E-state index >= 15 is 0 Å². The van der Waals surface area contributed by atoms with Gasteiger partial charge in [0.25, 0.3) is 0 Å². The van der Waals surface area contributed by atoms with E-state index in [9.17, 15) is 8.78 Å². The molecule has 1 fully saturated rings. The van der Waals surface area contributed by atoms with E-state index < -0.39 is 11.6 Å². The van der Waals surface area contributed by atoms with Crippen LogP contribution in [0.15, 0.2) is 78.0 Å². The molecule has 0 radical (unpaired) electrons. The summed E-state index contributed by atoms with van der Waals surface area (Å²) >= 11 is 0. The Morgan fingerprint density at radius 1 is 0.744 bits per heavy atom. The van der Waals surface area contributed by atoms with Crippen molar-refractivity contribution in [3.05, 3.63) is 107 Å². The third kappa shape index (κ3) is 5.13. The molecule has 1 aromatic heterocycles. The maximum absolute atomic E-state index is 14.2. The van der Waals surface area contributed by atoms with E-state index in [1.54, 1.807) is 0 Å². The third-order valence-electron chi connectivity index (χ3n) is 7.90. The Labute approximate surface area is 227 Å². The van der Waals surface area contributed by atoms with Crippen molar-refractivity contribution < 1.29 is 8.78 Å². The SMILES string of the molecule is Cc1ccc(N2CCN(c3ncc(-c4ccc(C5CCC(c6c(F)cccc6F)=N5)cc4)cn3)CC2)cc1C. The number of aliphatic imine (C=N–C) groups is 1. The van der Waals surface area contributed by atoms with Crippen LogP contribution >= 0.6 is 0 Å². The molecule has 0 spiro atoms. The first-order chi connectivity index (χ1) is 19.0. The summed E-state index contributed by atoms with van der Waals surface area (Å²) in [5.41, 5.74) is 7.41. The van der Waals surface area contributed by atoms with E-state index in [4.69, 9.17) is 0 Å². The van der Waals surface area contributed by atoms with Crippen molar-refractivity contribution in [1.82, 2.24) is 9.97 Å². The van der Waals surface area contributed by atoms with Crippen molar-refractivity contribution in [1.29, 1.82) is 0 Å². The van der Waals surface area contributed by atoms with Crippen LogP contribution in [0.25, 0.3) is 11.1 Å². The molecule has 6 rings (SSSR count). The molecule has 39 heavy (non-hydrogen) atoms. The number of halogens is 2. The van der Waals surface area contributed by atoms with Crippen molar-refractivity contribution in [2.24, 2.45) is 4.99 Å². The molecule has 3 heterocycles. The number of nitrogens with zero attached hydrogens (tertiary/aromatic N) is 5. The largest absolute Gasteiger partial charge is 0.368 e. The van der Waals surface area contributed by atoms with Crippen LogP contribution in [-0.4, -0.2) is 41.9 Å². The van der Waals surface area contributed by atoms with Crippen molar-refractivity contribution >= 4 is 17.3 Å². The topological polar surface area (TPSA) is 44.6 Å². The quantitative estimate of drug-likeness (QED) is 0.292. The highest BCUT2D eigenvalue weighted by Gasteiger charge is 2.24. The predicted octanol–water partition coefficient (Wildman–Crippen LogP) is 6.69. The van der Waals surface area contributed by atoms with Crippen molar-refractivity contribution in [2.45, 2.75) is 32.7 Å². The lowest BCUT2D eigenvalue weighted by atomic mass is 10.0. The van der Waals surface area contributed by atoms with Crippen LogP contribution < -0.4 is 9.80 Å². The number of benzene rings is 3. The monoisotopic (exact) mass is 523 g/mol. The van der Waals surface area contributed by atoms with E-state index in [2.05, 4.69) is 56.8 Å². The fraction of sp³-hybridized carbons (Fsp3) is 0.281. The number of hydrogen-bond acceptors (Lipinski definition) is 5. The van der Waals surface area contributed by atoms with Gasteiger partial charge < -0.3 is 9.80 Å². The molecule has 4 aromatic rings. The molecular formula is C32H31F2N5. The Balaban J connectivity index is 1.10. The molecule has 5 nitrogen and oxygen atoms in total. The molecule has 1 saturated heterocycles. The highest BCUT2D eigenvalue weighted by Crippen LogP contribution is 2.33. The number of hydrogen-bond donors (Lipinski definition) is 0. The van der Waals surface area contributed by atoms with Gasteiger partial charge >= 0.3 is 0 Å². The van der Waals surface area contributed by atoms with Crippen LogP contribution in [0.2, 0.25) is 0 Å². The van der Waals surface area contributed by atoms with E-state index in [-0.39, 0.29) is 11.6 Å². The molecule has 2 aliphatic rings. The van der Waals surface area contributed by atoms with Gasteiger partial charge in [-0.15, -0.1) is 0 Å². The minimum absolute atomic E-state index is 0.000481. The van der Waals surface area contributed by atoms with Gasteiger partial charge in [0.1, 0.15) is 11.6 Å². The summed E-state index contributed by atoms with van der Waals surface area (Å²) in [6.45, 7) is 7.93. The highest BCUT2D eigenvalue weighted by atomic mass is 19.1. The predicted molar refractivity (Wildman–Crippen MR) is 153 cm³/mol. The second kappa shape index (κ2) is 10.6. The number of anilines is 2. The zero-order valence-electron chi connectivity index (χ0n) is 22.2. The Morgan fingerprint density at radius 2 is 1.41 bits per heavy atom. The Hall–Kier alpha value is -4.13. The molecule has 1 atom stereocenters. The number of piperazine rings is 1. The summed E-state index contributed by atoms with van der Waals surface area (Å²) in [4.78, 5) is 18.6. The van der Waals surface area contributed by atoms with Gasteiger partial charge in [-0.1, -0.05) is 36.4 Å². The first kappa shape index (κ1) is 25.2. The third-order valence-corrected chi connectivity index (χ3v) is 7.90. The molecule has 198 valence electrons. The van der Waals surface area contributed by atoms with E-state index in [1.807, 2.05) is 36.7 Å². The van der Waals surface area contributed by atoms with E-state index in [0.717, 1.165) is 55.2 Å². The van der Waals surface area contributed by atoms with Gasteiger partial charge in [0.05, 0.1) is 11.6 Å². The second-order valence-electron chi connectivity index (χ2n) is 10.4. The first-order valence-corrected chi connectivity index (χ1v) is 13.5. The molecule has 1 unspecified atom stereocenters. The molecule has 2 aliphatic heterocycles. The average molecular weight is 524 g/mol. The summed E-state index contributed by atoms with van der Waals surface area (Å²) in [5, 5.41) is 0. The van der Waals surface area contributed by atoms with Crippen LogP contribution in [0.5, 0.6) is 0 Å². The van der Waals surface area contributed by atoms with Gasteiger partial charge in [-0.2, -0.15) is 0 Å². The van der Waals surface area contributed by atoms with Crippen molar-refractivity contribution in [3.8, 4) is 11.1 Å². The summed E-state index contributed by atoms with van der Waals surface area (Å²) < 4.78 is 28.4. The van der Waals surface area contributed by atoms with Gasteiger partial charge in [0, 0.05) is 55.5 Å². The molecule has 0 N–H and O–H groups in total. The normalized spacial score (nSPS) is 17.4. The molecule has 3 aromatic carbocycles. The maximum atomic E-state index is 14.2. The summed E-state index contributed by atoms with van der Waals surface area (Å²) in [6.07, 6.45) is 5.04. The van der Waals surface area contributed by atoms with Crippen LogP contribution in [0.4, 0.5) is 20.4 Å². The maximum Gasteiger partial charge on any atom is 0.225 e. The summed E-state index contributed by atoms with van der Waals surface area (Å²) in [7, 11) is 0. The molecule has 0 saturated carbocycles. The summed E-state index contributed by atoms with van der Waals surface area (Å²) in [6, 6.07) is 18.6. The zero-order chi connectivity index (χ0) is 26.9.